The molecule has 0 bridgehead atoms. The molecule has 0 aliphatic carbocycles. The largest absolute Gasteiger partial charge is 0.309 e. The molecular formula is C16H22N4O2S2. The number of hydrogen-bond acceptors (Lipinski definition) is 5. The van der Waals surface area contributed by atoms with Crippen molar-refractivity contribution in [3.8, 4) is 0 Å². The number of sulfonamides is 1. The molecule has 1 aliphatic heterocycles. The molecule has 1 aromatic heterocycles. The monoisotopic (exact) mass is 366 g/mol. The minimum atomic E-state index is -3.15. The summed E-state index contributed by atoms with van der Waals surface area (Å²) in [5.74, 6) is 1.82. The van der Waals surface area contributed by atoms with E-state index < -0.39 is 10.0 Å². The summed E-state index contributed by atoms with van der Waals surface area (Å²) in [5, 5.41) is 9.51. The SMILES string of the molecule is Cn1c(SCc2ccccc2)nnc1[C@@H]1CCCN(S(C)(=O)=O)C1. The normalized spacial score (nSPS) is 19.5. The van der Waals surface area contributed by atoms with Gasteiger partial charge in [0.1, 0.15) is 5.82 Å². The van der Waals surface area contributed by atoms with E-state index in [2.05, 4.69) is 22.3 Å². The Hall–Kier alpha value is -1.38. The molecule has 1 aromatic carbocycles. The predicted molar refractivity (Wildman–Crippen MR) is 95.4 cm³/mol. The fourth-order valence-electron chi connectivity index (χ4n) is 2.98. The van der Waals surface area contributed by atoms with Crippen molar-refractivity contribution in [3.63, 3.8) is 0 Å². The van der Waals surface area contributed by atoms with Crippen LogP contribution in [-0.4, -0.2) is 46.8 Å². The van der Waals surface area contributed by atoms with Gasteiger partial charge < -0.3 is 4.57 Å². The third-order valence-electron chi connectivity index (χ3n) is 4.30. The molecule has 8 heteroatoms. The molecule has 0 saturated carbocycles. The highest BCUT2D eigenvalue weighted by Gasteiger charge is 2.30. The zero-order valence-corrected chi connectivity index (χ0v) is 15.6. The zero-order chi connectivity index (χ0) is 17.2. The maximum Gasteiger partial charge on any atom is 0.211 e. The number of piperidine rings is 1. The van der Waals surface area contributed by atoms with Gasteiger partial charge in [0.2, 0.25) is 10.0 Å². The molecule has 2 aromatic rings. The molecule has 1 fully saturated rings. The quantitative estimate of drug-likeness (QED) is 0.759. The Morgan fingerprint density at radius 1 is 1.25 bits per heavy atom. The second kappa shape index (κ2) is 7.25. The Bertz CT molecular complexity index is 790. The second-order valence-corrected chi connectivity index (χ2v) is 9.06. The molecular weight excluding hydrogens is 344 g/mol. The number of hydrogen-bond donors (Lipinski definition) is 0. The van der Waals surface area contributed by atoms with E-state index >= 15 is 0 Å². The summed E-state index contributed by atoms with van der Waals surface area (Å²) >= 11 is 1.65. The zero-order valence-electron chi connectivity index (χ0n) is 13.9. The van der Waals surface area contributed by atoms with E-state index in [1.165, 1.54) is 11.8 Å². The van der Waals surface area contributed by atoms with Crippen LogP contribution in [0.5, 0.6) is 0 Å². The summed E-state index contributed by atoms with van der Waals surface area (Å²) in [5.41, 5.74) is 1.24. The van der Waals surface area contributed by atoms with Crippen molar-refractivity contribution < 1.29 is 8.42 Å². The molecule has 0 amide bonds. The minimum Gasteiger partial charge on any atom is -0.309 e. The first-order valence-electron chi connectivity index (χ1n) is 7.96. The molecule has 24 heavy (non-hydrogen) atoms. The lowest BCUT2D eigenvalue weighted by Crippen LogP contribution is -2.39. The Labute approximate surface area is 147 Å². The first kappa shape index (κ1) is 17.4. The van der Waals surface area contributed by atoms with Crippen molar-refractivity contribution >= 4 is 21.8 Å². The third kappa shape index (κ3) is 3.99. The fraction of sp³-hybridized carbons (Fsp3) is 0.500. The third-order valence-corrected chi connectivity index (χ3v) is 6.66. The number of aromatic nitrogens is 3. The highest BCUT2D eigenvalue weighted by atomic mass is 32.2. The van der Waals surface area contributed by atoms with E-state index in [4.69, 9.17) is 0 Å². The Morgan fingerprint density at radius 3 is 2.71 bits per heavy atom. The van der Waals surface area contributed by atoms with Gasteiger partial charge in [-0.25, -0.2) is 12.7 Å². The molecule has 1 saturated heterocycles. The van der Waals surface area contributed by atoms with Crippen molar-refractivity contribution in [2.45, 2.75) is 29.7 Å². The van der Waals surface area contributed by atoms with Gasteiger partial charge >= 0.3 is 0 Å². The molecule has 0 N–H and O–H groups in total. The minimum absolute atomic E-state index is 0.108. The van der Waals surface area contributed by atoms with Crippen LogP contribution < -0.4 is 0 Å². The van der Waals surface area contributed by atoms with Gasteiger partial charge in [-0.15, -0.1) is 10.2 Å². The number of rotatable bonds is 5. The van der Waals surface area contributed by atoms with Crippen LogP contribution in [0.1, 0.15) is 30.1 Å². The van der Waals surface area contributed by atoms with Gasteiger partial charge in [0.05, 0.1) is 6.26 Å². The van der Waals surface area contributed by atoms with Gasteiger partial charge in [-0.1, -0.05) is 42.1 Å². The van der Waals surface area contributed by atoms with Gasteiger partial charge in [0.25, 0.3) is 0 Å². The predicted octanol–water partition coefficient (Wildman–Crippen LogP) is 2.25. The maximum atomic E-state index is 11.8. The molecule has 130 valence electrons. The molecule has 1 aliphatic rings. The average molecular weight is 367 g/mol. The van der Waals surface area contributed by atoms with Gasteiger partial charge in [-0.2, -0.15) is 0 Å². The van der Waals surface area contributed by atoms with Crippen LogP contribution in [0.25, 0.3) is 0 Å². The summed E-state index contributed by atoms with van der Waals surface area (Å²) < 4.78 is 27.1. The van der Waals surface area contributed by atoms with Gasteiger partial charge in [0.15, 0.2) is 5.16 Å². The second-order valence-electron chi connectivity index (χ2n) is 6.13. The lowest BCUT2D eigenvalue weighted by atomic mass is 9.99. The van der Waals surface area contributed by atoms with Crippen LogP contribution in [-0.2, 0) is 22.8 Å². The van der Waals surface area contributed by atoms with Crippen LogP contribution in [0.4, 0.5) is 0 Å². The number of nitrogens with zero attached hydrogens (tertiary/aromatic N) is 4. The summed E-state index contributed by atoms with van der Waals surface area (Å²) in [6.45, 7) is 1.09. The standard InChI is InChI=1S/C16H22N4O2S2/c1-19-15(14-9-6-10-20(11-14)24(2,21)22)17-18-16(19)23-12-13-7-4-3-5-8-13/h3-5,7-8,14H,6,9-12H2,1-2H3/t14-/m1/s1. The average Bonchev–Trinajstić information content (AvgIpc) is 2.94. The van der Waals surface area contributed by atoms with E-state index in [-0.39, 0.29) is 5.92 Å². The topological polar surface area (TPSA) is 68.1 Å². The van der Waals surface area contributed by atoms with Crippen molar-refractivity contribution in [3.05, 3.63) is 41.7 Å². The summed E-state index contributed by atoms with van der Waals surface area (Å²) in [6.07, 6.45) is 3.08. The highest BCUT2D eigenvalue weighted by molar-refractivity contribution is 7.98. The molecule has 1 atom stereocenters. The molecule has 3 rings (SSSR count). The molecule has 6 nitrogen and oxygen atoms in total. The van der Waals surface area contributed by atoms with Crippen molar-refractivity contribution in [1.29, 1.82) is 0 Å². The fourth-order valence-corrected chi connectivity index (χ4v) is 4.77. The molecule has 2 heterocycles. The van der Waals surface area contributed by atoms with Crippen LogP contribution >= 0.6 is 11.8 Å². The lowest BCUT2D eigenvalue weighted by molar-refractivity contribution is 0.307. The van der Waals surface area contributed by atoms with Crippen LogP contribution in [0.3, 0.4) is 0 Å². The Kier molecular flexibility index (Phi) is 5.27. The van der Waals surface area contributed by atoms with E-state index in [0.717, 1.165) is 29.6 Å². The Morgan fingerprint density at radius 2 is 2.00 bits per heavy atom. The number of benzene rings is 1. The molecule has 0 unspecified atom stereocenters. The summed E-state index contributed by atoms with van der Waals surface area (Å²) in [4.78, 5) is 0. The van der Waals surface area contributed by atoms with Crippen molar-refractivity contribution in [1.82, 2.24) is 19.1 Å². The maximum absolute atomic E-state index is 11.8. The van der Waals surface area contributed by atoms with Crippen LogP contribution in [0, 0.1) is 0 Å². The first-order chi connectivity index (χ1) is 11.4. The van der Waals surface area contributed by atoms with Crippen molar-refractivity contribution in [2.75, 3.05) is 19.3 Å². The van der Waals surface area contributed by atoms with Gasteiger partial charge in [0, 0.05) is 31.8 Å². The number of thioether (sulfide) groups is 1. The molecule has 0 radical (unpaired) electrons. The lowest BCUT2D eigenvalue weighted by Gasteiger charge is -2.30. The van der Waals surface area contributed by atoms with Gasteiger partial charge in [-0.05, 0) is 18.4 Å². The highest BCUT2D eigenvalue weighted by Crippen LogP contribution is 2.29. The summed E-state index contributed by atoms with van der Waals surface area (Å²) in [6, 6.07) is 10.2. The van der Waals surface area contributed by atoms with Crippen molar-refractivity contribution in [2.24, 2.45) is 7.05 Å². The van der Waals surface area contributed by atoms with E-state index in [0.29, 0.717) is 13.1 Å². The summed E-state index contributed by atoms with van der Waals surface area (Å²) in [7, 11) is -1.19. The van der Waals surface area contributed by atoms with E-state index in [1.54, 1.807) is 16.1 Å². The van der Waals surface area contributed by atoms with Crippen LogP contribution in [0.15, 0.2) is 35.5 Å². The molecule has 0 spiro atoms. The van der Waals surface area contributed by atoms with E-state index in [1.807, 2.05) is 29.8 Å². The van der Waals surface area contributed by atoms with Crippen LogP contribution in [0.2, 0.25) is 0 Å². The van der Waals surface area contributed by atoms with Gasteiger partial charge in [-0.3, -0.25) is 0 Å². The smallest absolute Gasteiger partial charge is 0.211 e. The first-order valence-corrected chi connectivity index (χ1v) is 10.8. The van der Waals surface area contributed by atoms with E-state index in [9.17, 15) is 8.42 Å². The Balaban J connectivity index is 1.70.